The van der Waals surface area contributed by atoms with Crippen LogP contribution in [0.25, 0.3) is 0 Å². The zero-order valence-corrected chi connectivity index (χ0v) is 7.67. The molecule has 8 nitrogen and oxygen atoms in total. The lowest BCUT2D eigenvalue weighted by molar-refractivity contribution is 0.175. The predicted octanol–water partition coefficient (Wildman–Crippen LogP) is -1.06. The van der Waals surface area contributed by atoms with Gasteiger partial charge in [0.25, 0.3) is 0 Å². The summed E-state index contributed by atoms with van der Waals surface area (Å²) in [4.78, 5) is 20.8. The summed E-state index contributed by atoms with van der Waals surface area (Å²) in [6, 6.07) is 0. The number of amides is 2. The lowest BCUT2D eigenvalue weighted by Gasteiger charge is -2.05. The zero-order valence-electron chi connectivity index (χ0n) is 6.86. The van der Waals surface area contributed by atoms with Gasteiger partial charge in [0.2, 0.25) is 0 Å². The van der Waals surface area contributed by atoms with Crippen molar-refractivity contribution in [1.82, 2.24) is 9.44 Å². The van der Waals surface area contributed by atoms with Gasteiger partial charge in [0.15, 0.2) is 0 Å². The Morgan fingerprint density at radius 3 is 1.54 bits per heavy atom. The first kappa shape index (κ1) is 11.5. The third kappa shape index (κ3) is 4.85. The molecule has 0 aliphatic heterocycles. The van der Waals surface area contributed by atoms with Crippen LogP contribution in [0.4, 0.5) is 9.59 Å². The van der Waals surface area contributed by atoms with Gasteiger partial charge < -0.3 is 9.47 Å². The molecule has 0 fully saturated rings. The van der Waals surface area contributed by atoms with Crippen molar-refractivity contribution < 1.29 is 27.5 Å². The van der Waals surface area contributed by atoms with Gasteiger partial charge in [-0.3, -0.25) is 0 Å². The fourth-order valence-electron chi connectivity index (χ4n) is 0.328. The Balaban J connectivity index is 4.26. The average molecular weight is 212 g/mol. The molecule has 0 radical (unpaired) electrons. The first-order valence-electron chi connectivity index (χ1n) is 2.87. The van der Waals surface area contributed by atoms with Crippen LogP contribution < -0.4 is 9.44 Å². The largest absolute Gasteiger partial charge is 0.452 e. The van der Waals surface area contributed by atoms with Gasteiger partial charge in [-0.2, -0.15) is 8.42 Å². The first-order chi connectivity index (χ1) is 5.91. The maximum Gasteiger partial charge on any atom is 0.422 e. The van der Waals surface area contributed by atoms with Gasteiger partial charge >= 0.3 is 22.4 Å². The van der Waals surface area contributed by atoms with Crippen LogP contribution in [-0.4, -0.2) is 34.8 Å². The van der Waals surface area contributed by atoms with E-state index in [2.05, 4.69) is 9.47 Å². The van der Waals surface area contributed by atoms with Crippen LogP contribution in [0, 0.1) is 0 Å². The van der Waals surface area contributed by atoms with Gasteiger partial charge in [0, 0.05) is 0 Å². The molecule has 76 valence electrons. The predicted molar refractivity (Wildman–Crippen MR) is 40.0 cm³/mol. The highest BCUT2D eigenvalue weighted by atomic mass is 32.2. The lowest BCUT2D eigenvalue weighted by atomic mass is 11.2. The highest BCUT2D eigenvalue weighted by Crippen LogP contribution is 1.81. The van der Waals surface area contributed by atoms with Gasteiger partial charge in [0.1, 0.15) is 0 Å². The van der Waals surface area contributed by atoms with Crippen molar-refractivity contribution in [3.8, 4) is 0 Å². The zero-order chi connectivity index (χ0) is 10.5. The minimum Gasteiger partial charge on any atom is -0.452 e. The molecule has 0 aromatic heterocycles. The SMILES string of the molecule is COC(=O)NS(=O)(=O)NC(=O)OC. The van der Waals surface area contributed by atoms with Crippen LogP contribution in [0.5, 0.6) is 0 Å². The fourth-order valence-corrected chi connectivity index (χ4v) is 0.985. The van der Waals surface area contributed by atoms with Crippen molar-refractivity contribution >= 4 is 22.4 Å². The Bertz CT molecular complexity index is 272. The molecule has 0 aliphatic rings. The molecular formula is C4H8N2O6S. The van der Waals surface area contributed by atoms with Crippen LogP contribution in [-0.2, 0) is 19.7 Å². The van der Waals surface area contributed by atoms with Gasteiger partial charge in [-0.1, -0.05) is 0 Å². The lowest BCUT2D eigenvalue weighted by Crippen LogP contribution is -2.42. The van der Waals surface area contributed by atoms with Gasteiger partial charge in [-0.05, 0) is 0 Å². The number of hydrogen-bond acceptors (Lipinski definition) is 6. The summed E-state index contributed by atoms with van der Waals surface area (Å²) in [6.07, 6.45) is -2.42. The van der Waals surface area contributed by atoms with Crippen molar-refractivity contribution in [2.24, 2.45) is 0 Å². The number of hydrogen-bond donors (Lipinski definition) is 2. The van der Waals surface area contributed by atoms with Crippen LogP contribution in [0.3, 0.4) is 0 Å². The first-order valence-corrected chi connectivity index (χ1v) is 4.36. The van der Waals surface area contributed by atoms with E-state index in [1.54, 1.807) is 0 Å². The minimum atomic E-state index is -4.25. The Labute approximate surface area is 74.4 Å². The van der Waals surface area contributed by atoms with E-state index in [0.29, 0.717) is 0 Å². The third-order valence-electron chi connectivity index (χ3n) is 0.806. The molecule has 0 spiro atoms. The van der Waals surface area contributed by atoms with E-state index in [-0.39, 0.29) is 0 Å². The molecule has 2 amide bonds. The summed E-state index contributed by atoms with van der Waals surface area (Å²) in [7, 11) is -2.30. The molecule has 0 aliphatic carbocycles. The normalized spacial score (nSPS) is 10.0. The van der Waals surface area contributed by atoms with Crippen molar-refractivity contribution in [3.05, 3.63) is 0 Å². The second-order valence-corrected chi connectivity index (χ2v) is 3.11. The molecule has 0 heterocycles. The number of carbonyl (C=O) groups is 2. The highest BCUT2D eigenvalue weighted by Gasteiger charge is 2.17. The minimum absolute atomic E-state index is 0.975. The van der Waals surface area contributed by atoms with Crippen molar-refractivity contribution in [2.75, 3.05) is 14.2 Å². The van der Waals surface area contributed by atoms with Crippen LogP contribution in [0.2, 0.25) is 0 Å². The smallest absolute Gasteiger partial charge is 0.422 e. The topological polar surface area (TPSA) is 111 Å². The van der Waals surface area contributed by atoms with Crippen molar-refractivity contribution in [1.29, 1.82) is 0 Å². The summed E-state index contributed by atoms with van der Waals surface area (Å²) in [5.74, 6) is 0. The summed E-state index contributed by atoms with van der Waals surface area (Å²) >= 11 is 0. The van der Waals surface area contributed by atoms with E-state index in [1.807, 2.05) is 0 Å². The van der Waals surface area contributed by atoms with Gasteiger partial charge in [-0.25, -0.2) is 19.0 Å². The number of methoxy groups -OCH3 is 2. The third-order valence-corrected chi connectivity index (χ3v) is 1.68. The molecule has 0 saturated heterocycles. The van der Waals surface area contributed by atoms with Crippen molar-refractivity contribution in [2.45, 2.75) is 0 Å². The standard InChI is InChI=1S/C4H8N2O6S/c1-11-3(7)5-13(9,10)6-4(8)12-2/h1-2H3,(H,5,7)(H,6,8). The molecule has 9 heteroatoms. The van der Waals surface area contributed by atoms with Gasteiger partial charge in [-0.15, -0.1) is 0 Å². The molecule has 13 heavy (non-hydrogen) atoms. The average Bonchev–Trinajstić information content (AvgIpc) is 2.02. The molecular weight excluding hydrogens is 204 g/mol. The number of carbonyl (C=O) groups excluding carboxylic acids is 2. The molecule has 0 atom stereocenters. The summed E-state index contributed by atoms with van der Waals surface area (Å²) in [5.41, 5.74) is 0. The molecule has 2 N–H and O–H groups in total. The van der Waals surface area contributed by atoms with Crippen molar-refractivity contribution in [3.63, 3.8) is 0 Å². The Kier molecular flexibility index (Phi) is 3.98. The quantitative estimate of drug-likeness (QED) is 0.603. The number of ether oxygens (including phenoxy) is 2. The molecule has 0 aromatic carbocycles. The monoisotopic (exact) mass is 212 g/mol. The Morgan fingerprint density at radius 2 is 1.31 bits per heavy atom. The Morgan fingerprint density at radius 1 is 1.00 bits per heavy atom. The maximum absolute atomic E-state index is 10.7. The van der Waals surface area contributed by atoms with E-state index < -0.39 is 22.4 Å². The summed E-state index contributed by atoms with van der Waals surface area (Å²) in [6.45, 7) is 0. The maximum atomic E-state index is 10.7. The molecule has 0 aromatic rings. The van der Waals surface area contributed by atoms with Crippen LogP contribution >= 0.6 is 0 Å². The number of rotatable bonds is 2. The van der Waals surface area contributed by atoms with E-state index in [9.17, 15) is 18.0 Å². The van der Waals surface area contributed by atoms with E-state index in [4.69, 9.17) is 0 Å². The summed E-state index contributed by atoms with van der Waals surface area (Å²) in [5, 5.41) is 0. The second-order valence-electron chi connectivity index (χ2n) is 1.69. The number of nitrogens with one attached hydrogen (secondary N) is 2. The fraction of sp³-hybridized carbons (Fsp3) is 0.500. The molecule has 0 unspecified atom stereocenters. The highest BCUT2D eigenvalue weighted by molar-refractivity contribution is 7.88. The van der Waals surface area contributed by atoms with E-state index in [1.165, 1.54) is 9.44 Å². The molecule has 0 bridgehead atoms. The second kappa shape index (κ2) is 4.50. The van der Waals surface area contributed by atoms with Crippen LogP contribution in [0.1, 0.15) is 0 Å². The van der Waals surface area contributed by atoms with Crippen LogP contribution in [0.15, 0.2) is 0 Å². The molecule has 0 saturated carbocycles. The Hall–Kier alpha value is -1.51. The van der Waals surface area contributed by atoms with E-state index in [0.717, 1.165) is 14.2 Å². The summed E-state index contributed by atoms with van der Waals surface area (Å²) < 4.78 is 32.2. The van der Waals surface area contributed by atoms with Gasteiger partial charge in [0.05, 0.1) is 14.2 Å². The van der Waals surface area contributed by atoms with E-state index >= 15 is 0 Å². The molecule has 0 rings (SSSR count).